The van der Waals surface area contributed by atoms with E-state index in [1.54, 1.807) is 19.2 Å². The van der Waals surface area contributed by atoms with Gasteiger partial charge in [-0.1, -0.05) is 6.07 Å². The van der Waals surface area contributed by atoms with Gasteiger partial charge in [0.1, 0.15) is 11.6 Å². The Morgan fingerprint density at radius 3 is 2.67 bits per heavy atom. The number of halogens is 1. The number of hydrogen-bond donors (Lipinski definition) is 1. The maximum Gasteiger partial charge on any atom is 0.131 e. The Morgan fingerprint density at radius 1 is 1.33 bits per heavy atom. The smallest absolute Gasteiger partial charge is 0.131 e. The van der Waals surface area contributed by atoms with Crippen molar-refractivity contribution in [1.29, 1.82) is 0 Å². The van der Waals surface area contributed by atoms with E-state index in [0.717, 1.165) is 5.69 Å². The Bertz CT molecular complexity index is 595. The molecule has 1 atom stereocenters. The molecular formula is C16H22FN3O. The van der Waals surface area contributed by atoms with Gasteiger partial charge in [0, 0.05) is 30.3 Å². The van der Waals surface area contributed by atoms with E-state index in [2.05, 4.69) is 24.3 Å². The summed E-state index contributed by atoms with van der Waals surface area (Å²) in [7, 11) is 3.37. The van der Waals surface area contributed by atoms with E-state index in [-0.39, 0.29) is 11.9 Å². The van der Waals surface area contributed by atoms with E-state index >= 15 is 0 Å². The Labute approximate surface area is 124 Å². The minimum atomic E-state index is -0.267. The van der Waals surface area contributed by atoms with Gasteiger partial charge in [-0.15, -0.1) is 0 Å². The van der Waals surface area contributed by atoms with Gasteiger partial charge in [-0.2, -0.15) is 5.10 Å². The number of hydrogen-bond acceptors (Lipinski definition) is 3. The van der Waals surface area contributed by atoms with Gasteiger partial charge in [0.15, 0.2) is 0 Å². The van der Waals surface area contributed by atoms with Crippen LogP contribution in [0.1, 0.15) is 37.2 Å². The third kappa shape index (κ3) is 3.42. The van der Waals surface area contributed by atoms with Crippen molar-refractivity contribution in [2.24, 2.45) is 0 Å². The molecule has 0 saturated heterocycles. The number of methoxy groups -OCH3 is 1. The molecule has 1 N–H and O–H groups in total. The molecule has 21 heavy (non-hydrogen) atoms. The summed E-state index contributed by atoms with van der Waals surface area (Å²) in [5.74, 6) is 0.287. The van der Waals surface area contributed by atoms with Gasteiger partial charge in [0.05, 0.1) is 12.8 Å². The topological polar surface area (TPSA) is 39.1 Å². The van der Waals surface area contributed by atoms with Gasteiger partial charge in [-0.3, -0.25) is 4.68 Å². The number of rotatable bonds is 6. The molecule has 0 spiro atoms. The van der Waals surface area contributed by atoms with Crippen LogP contribution >= 0.6 is 0 Å². The Hall–Kier alpha value is -1.88. The summed E-state index contributed by atoms with van der Waals surface area (Å²) in [6.45, 7) is 4.15. The molecule has 0 amide bonds. The quantitative estimate of drug-likeness (QED) is 0.889. The Kier molecular flexibility index (Phi) is 4.96. The van der Waals surface area contributed by atoms with Gasteiger partial charge in [-0.05, 0) is 39.1 Å². The number of nitrogens with zero attached hydrogens (tertiary/aromatic N) is 2. The summed E-state index contributed by atoms with van der Waals surface area (Å²) in [5, 5.41) is 7.67. The zero-order valence-electron chi connectivity index (χ0n) is 12.9. The van der Waals surface area contributed by atoms with Gasteiger partial charge in [-0.25, -0.2) is 4.39 Å². The van der Waals surface area contributed by atoms with E-state index in [9.17, 15) is 4.39 Å². The fourth-order valence-electron chi connectivity index (χ4n) is 2.36. The van der Waals surface area contributed by atoms with E-state index < -0.39 is 0 Å². The zero-order chi connectivity index (χ0) is 15.4. The van der Waals surface area contributed by atoms with Crippen molar-refractivity contribution in [2.45, 2.75) is 32.4 Å². The molecule has 0 bridgehead atoms. The van der Waals surface area contributed by atoms with Gasteiger partial charge < -0.3 is 10.1 Å². The van der Waals surface area contributed by atoms with E-state index in [1.807, 2.05) is 24.0 Å². The summed E-state index contributed by atoms with van der Waals surface area (Å²) in [6, 6.07) is 6.98. The van der Waals surface area contributed by atoms with Crippen LogP contribution in [0.15, 0.2) is 30.5 Å². The molecule has 114 valence electrons. The molecule has 1 unspecified atom stereocenters. The summed E-state index contributed by atoms with van der Waals surface area (Å²) in [4.78, 5) is 0. The van der Waals surface area contributed by atoms with E-state index in [1.165, 1.54) is 6.07 Å². The van der Waals surface area contributed by atoms with Crippen molar-refractivity contribution < 1.29 is 9.13 Å². The highest BCUT2D eigenvalue weighted by atomic mass is 19.1. The lowest BCUT2D eigenvalue weighted by atomic mass is 10.0. The predicted octanol–water partition coefficient (Wildman–Crippen LogP) is 3.11. The van der Waals surface area contributed by atoms with Crippen LogP contribution in [0.4, 0.5) is 4.39 Å². The maximum atomic E-state index is 14.2. The van der Waals surface area contributed by atoms with Crippen LogP contribution in [0.3, 0.4) is 0 Å². The lowest BCUT2D eigenvalue weighted by Crippen LogP contribution is -2.21. The van der Waals surface area contributed by atoms with Gasteiger partial charge in [0.2, 0.25) is 0 Å². The molecule has 2 aromatic rings. The first-order valence-electron chi connectivity index (χ1n) is 7.10. The zero-order valence-corrected chi connectivity index (χ0v) is 12.9. The van der Waals surface area contributed by atoms with Crippen molar-refractivity contribution in [1.82, 2.24) is 15.1 Å². The molecule has 0 aliphatic carbocycles. The summed E-state index contributed by atoms with van der Waals surface area (Å²) in [6.07, 6.45) is 2.55. The van der Waals surface area contributed by atoms with E-state index in [0.29, 0.717) is 23.8 Å². The third-order valence-electron chi connectivity index (χ3n) is 3.54. The fraction of sp³-hybridized carbons (Fsp3) is 0.438. The van der Waals surface area contributed by atoms with Crippen LogP contribution in [-0.2, 0) is 6.42 Å². The monoisotopic (exact) mass is 291 g/mol. The first kappa shape index (κ1) is 15.5. The second-order valence-corrected chi connectivity index (χ2v) is 5.28. The van der Waals surface area contributed by atoms with Crippen LogP contribution in [0.2, 0.25) is 0 Å². The highest BCUT2D eigenvalue weighted by molar-refractivity contribution is 5.37. The molecular weight excluding hydrogens is 269 g/mol. The highest BCUT2D eigenvalue weighted by Crippen LogP contribution is 2.29. The second kappa shape index (κ2) is 6.72. The molecule has 0 saturated carbocycles. The summed E-state index contributed by atoms with van der Waals surface area (Å²) in [5.41, 5.74) is 1.47. The van der Waals surface area contributed by atoms with Crippen molar-refractivity contribution in [3.8, 4) is 5.75 Å². The maximum absolute atomic E-state index is 14.2. The first-order chi connectivity index (χ1) is 10.1. The van der Waals surface area contributed by atoms with Gasteiger partial charge in [0.25, 0.3) is 0 Å². The van der Waals surface area contributed by atoms with Crippen LogP contribution in [0.25, 0.3) is 0 Å². The number of benzene rings is 1. The number of ether oxygens (including phenoxy) is 1. The lowest BCUT2D eigenvalue weighted by Gasteiger charge is -2.19. The molecule has 0 aliphatic rings. The SMILES string of the molecule is CNC(Cc1ccn(C(C)C)n1)c1c(F)cccc1OC. The second-order valence-electron chi connectivity index (χ2n) is 5.28. The average molecular weight is 291 g/mol. The number of aromatic nitrogens is 2. The van der Waals surface area contributed by atoms with Crippen LogP contribution in [0, 0.1) is 5.82 Å². The van der Waals surface area contributed by atoms with Crippen LogP contribution in [-0.4, -0.2) is 23.9 Å². The number of nitrogens with one attached hydrogen (secondary N) is 1. The molecule has 4 nitrogen and oxygen atoms in total. The largest absolute Gasteiger partial charge is 0.496 e. The lowest BCUT2D eigenvalue weighted by molar-refractivity contribution is 0.392. The molecule has 5 heteroatoms. The third-order valence-corrected chi connectivity index (χ3v) is 3.54. The summed E-state index contributed by atoms with van der Waals surface area (Å²) >= 11 is 0. The Balaban J connectivity index is 2.27. The van der Waals surface area contributed by atoms with Crippen LogP contribution in [0.5, 0.6) is 5.75 Å². The van der Waals surface area contributed by atoms with Crippen molar-refractivity contribution >= 4 is 0 Å². The highest BCUT2D eigenvalue weighted by Gasteiger charge is 2.20. The predicted molar refractivity (Wildman–Crippen MR) is 81.1 cm³/mol. The standard InChI is InChI=1S/C16H22FN3O/c1-11(2)20-9-8-12(19-20)10-14(18-3)16-13(17)6-5-7-15(16)21-4/h5-9,11,14,18H,10H2,1-4H3. The first-order valence-corrected chi connectivity index (χ1v) is 7.10. The van der Waals surface area contributed by atoms with Crippen molar-refractivity contribution in [3.63, 3.8) is 0 Å². The minimum Gasteiger partial charge on any atom is -0.496 e. The number of likely N-dealkylation sites (N-methyl/N-ethyl adjacent to an activating group) is 1. The molecule has 2 rings (SSSR count). The van der Waals surface area contributed by atoms with Crippen LogP contribution < -0.4 is 10.1 Å². The Morgan fingerprint density at radius 2 is 2.10 bits per heavy atom. The van der Waals surface area contributed by atoms with Crippen molar-refractivity contribution in [2.75, 3.05) is 14.2 Å². The molecule has 1 aromatic carbocycles. The molecule has 0 fully saturated rings. The average Bonchev–Trinajstić information content (AvgIpc) is 2.93. The van der Waals surface area contributed by atoms with Crippen molar-refractivity contribution in [3.05, 3.63) is 47.5 Å². The minimum absolute atomic E-state index is 0.184. The molecule has 1 aromatic heterocycles. The summed E-state index contributed by atoms with van der Waals surface area (Å²) < 4.78 is 21.4. The van der Waals surface area contributed by atoms with E-state index in [4.69, 9.17) is 4.74 Å². The fourth-order valence-corrected chi connectivity index (χ4v) is 2.36. The molecule has 0 aliphatic heterocycles. The molecule has 0 radical (unpaired) electrons. The van der Waals surface area contributed by atoms with Gasteiger partial charge >= 0.3 is 0 Å². The normalized spacial score (nSPS) is 12.7. The molecule has 1 heterocycles.